The van der Waals surface area contributed by atoms with E-state index >= 15 is 0 Å². The van der Waals surface area contributed by atoms with E-state index in [2.05, 4.69) is 0 Å². The molecule has 2 rings (SSSR count). The summed E-state index contributed by atoms with van der Waals surface area (Å²) in [6.45, 7) is 1.45. The molecule has 0 bridgehead atoms. The largest absolute Gasteiger partial charge is 0.302 e. The Kier molecular flexibility index (Phi) is 3.70. The Balaban J connectivity index is 2.28. The number of ketones is 1. The van der Waals surface area contributed by atoms with Crippen molar-refractivity contribution >= 4 is 17.2 Å². The average Bonchev–Trinajstić information content (AvgIpc) is 2.46. The lowest BCUT2D eigenvalue weighted by Crippen LogP contribution is -2.08. The Labute approximate surface area is 115 Å². The number of non-ortho nitro benzene ring substituents is 1. The summed E-state index contributed by atoms with van der Waals surface area (Å²) in [5.41, 5.74) is 2.19. The summed E-state index contributed by atoms with van der Waals surface area (Å²) in [5, 5.41) is 17.9. The molecule has 0 radical (unpaired) electrons. The third-order valence-corrected chi connectivity index (χ3v) is 2.90. The van der Waals surface area contributed by atoms with Crippen molar-refractivity contribution in [3.05, 3.63) is 64.2 Å². The number of rotatable bonds is 4. The van der Waals surface area contributed by atoms with Crippen LogP contribution in [0.2, 0.25) is 0 Å². The van der Waals surface area contributed by atoms with Crippen LogP contribution in [0.15, 0.2) is 48.5 Å². The van der Waals surface area contributed by atoms with Gasteiger partial charge in [-0.25, -0.2) is 0 Å². The van der Waals surface area contributed by atoms with Gasteiger partial charge in [0.15, 0.2) is 0 Å². The molecular formula is C15H12N2O3. The molecular weight excluding hydrogens is 256 g/mol. The van der Waals surface area contributed by atoms with Crippen molar-refractivity contribution < 1.29 is 9.72 Å². The monoisotopic (exact) mass is 268 g/mol. The quantitative estimate of drug-likeness (QED) is 0.398. The van der Waals surface area contributed by atoms with Crippen molar-refractivity contribution in [3.8, 4) is 11.1 Å². The standard InChI is InChI=1S/C15H12N2O3/c1-10(16)15(18)13-4-2-11(3-5-13)12-6-8-14(9-7-12)17(19)20/h2-9,16H,1H3. The molecule has 20 heavy (non-hydrogen) atoms. The first kappa shape index (κ1) is 13.6. The predicted molar refractivity (Wildman–Crippen MR) is 76.3 cm³/mol. The Morgan fingerprint density at radius 3 is 1.85 bits per heavy atom. The van der Waals surface area contributed by atoms with Crippen molar-refractivity contribution in [3.63, 3.8) is 0 Å². The third-order valence-electron chi connectivity index (χ3n) is 2.90. The Morgan fingerprint density at radius 2 is 1.45 bits per heavy atom. The lowest BCUT2D eigenvalue weighted by molar-refractivity contribution is -0.384. The van der Waals surface area contributed by atoms with E-state index in [1.54, 1.807) is 36.4 Å². The maximum Gasteiger partial charge on any atom is 0.269 e. The number of carbonyl (C=O) groups is 1. The molecule has 0 atom stereocenters. The molecule has 0 aliphatic rings. The molecule has 0 amide bonds. The Bertz CT molecular complexity index is 673. The van der Waals surface area contributed by atoms with E-state index in [1.165, 1.54) is 19.1 Å². The number of carbonyl (C=O) groups excluding carboxylic acids is 1. The molecule has 0 aromatic heterocycles. The predicted octanol–water partition coefficient (Wildman–Crippen LogP) is 3.48. The fourth-order valence-corrected chi connectivity index (χ4v) is 1.81. The summed E-state index contributed by atoms with van der Waals surface area (Å²) in [7, 11) is 0. The van der Waals surface area contributed by atoms with Crippen LogP contribution >= 0.6 is 0 Å². The van der Waals surface area contributed by atoms with Gasteiger partial charge >= 0.3 is 0 Å². The molecule has 0 aliphatic carbocycles. The third kappa shape index (κ3) is 2.77. The number of hydrogen-bond donors (Lipinski definition) is 1. The summed E-state index contributed by atoms with van der Waals surface area (Å²) in [5.74, 6) is -0.305. The normalized spacial score (nSPS) is 10.1. The molecule has 5 nitrogen and oxygen atoms in total. The van der Waals surface area contributed by atoms with E-state index in [0.717, 1.165) is 11.1 Å². The number of nitrogens with one attached hydrogen (secondary N) is 1. The number of hydrogen-bond acceptors (Lipinski definition) is 4. The highest BCUT2D eigenvalue weighted by molar-refractivity contribution is 6.44. The zero-order valence-electron chi connectivity index (χ0n) is 10.8. The molecule has 0 unspecified atom stereocenters. The van der Waals surface area contributed by atoms with Gasteiger partial charge in [0.1, 0.15) is 0 Å². The molecule has 0 heterocycles. The second-order valence-corrected chi connectivity index (χ2v) is 4.34. The van der Waals surface area contributed by atoms with Gasteiger partial charge in [-0.1, -0.05) is 24.3 Å². The SMILES string of the molecule is CC(=N)C(=O)c1ccc(-c2ccc([N+](=O)[O-])cc2)cc1. The molecule has 0 fully saturated rings. The number of nitro groups is 1. The molecule has 0 saturated heterocycles. The number of Topliss-reactive ketones (excluding diaryl/α,β-unsaturated/α-hetero) is 1. The van der Waals surface area contributed by atoms with Gasteiger partial charge in [0.05, 0.1) is 10.6 Å². The number of benzene rings is 2. The highest BCUT2D eigenvalue weighted by Crippen LogP contribution is 2.22. The Morgan fingerprint density at radius 1 is 1.00 bits per heavy atom. The van der Waals surface area contributed by atoms with E-state index in [4.69, 9.17) is 5.41 Å². The molecule has 0 aliphatic heterocycles. The summed E-state index contributed by atoms with van der Waals surface area (Å²) >= 11 is 0. The highest BCUT2D eigenvalue weighted by atomic mass is 16.6. The van der Waals surface area contributed by atoms with Crippen LogP contribution in [0.1, 0.15) is 17.3 Å². The van der Waals surface area contributed by atoms with Gasteiger partial charge in [0, 0.05) is 17.7 Å². The van der Waals surface area contributed by atoms with Gasteiger partial charge < -0.3 is 5.41 Å². The molecule has 0 saturated carbocycles. The van der Waals surface area contributed by atoms with Crippen molar-refractivity contribution in [1.82, 2.24) is 0 Å². The van der Waals surface area contributed by atoms with Crippen LogP contribution in [-0.2, 0) is 0 Å². The fourth-order valence-electron chi connectivity index (χ4n) is 1.81. The first-order chi connectivity index (χ1) is 9.49. The molecule has 2 aromatic rings. The van der Waals surface area contributed by atoms with Gasteiger partial charge in [-0.2, -0.15) is 0 Å². The van der Waals surface area contributed by atoms with E-state index in [1.807, 2.05) is 0 Å². The van der Waals surface area contributed by atoms with Crippen LogP contribution in [0.25, 0.3) is 11.1 Å². The average molecular weight is 268 g/mol. The van der Waals surface area contributed by atoms with Gasteiger partial charge in [-0.3, -0.25) is 14.9 Å². The molecule has 2 aromatic carbocycles. The molecule has 100 valence electrons. The van der Waals surface area contributed by atoms with Gasteiger partial charge in [-0.15, -0.1) is 0 Å². The first-order valence-electron chi connectivity index (χ1n) is 5.94. The second-order valence-electron chi connectivity index (χ2n) is 4.34. The fraction of sp³-hybridized carbons (Fsp3) is 0.0667. The number of nitrogens with zero attached hydrogens (tertiary/aromatic N) is 1. The number of nitro benzene ring substituents is 1. The zero-order valence-corrected chi connectivity index (χ0v) is 10.8. The summed E-state index contributed by atoms with van der Waals surface area (Å²) in [6, 6.07) is 13.0. The smallest absolute Gasteiger partial charge is 0.269 e. The summed E-state index contributed by atoms with van der Waals surface area (Å²) < 4.78 is 0. The van der Waals surface area contributed by atoms with Crippen LogP contribution in [0.3, 0.4) is 0 Å². The topological polar surface area (TPSA) is 84.1 Å². The van der Waals surface area contributed by atoms with Crippen molar-refractivity contribution in [2.45, 2.75) is 6.92 Å². The molecule has 0 spiro atoms. The maximum absolute atomic E-state index is 11.6. The van der Waals surface area contributed by atoms with Crippen LogP contribution in [0, 0.1) is 15.5 Å². The van der Waals surface area contributed by atoms with Crippen molar-refractivity contribution in [1.29, 1.82) is 5.41 Å². The summed E-state index contributed by atoms with van der Waals surface area (Å²) in [6.07, 6.45) is 0. The van der Waals surface area contributed by atoms with Crippen LogP contribution < -0.4 is 0 Å². The minimum Gasteiger partial charge on any atom is -0.302 e. The summed E-state index contributed by atoms with van der Waals surface area (Å²) in [4.78, 5) is 21.7. The highest BCUT2D eigenvalue weighted by Gasteiger charge is 2.09. The minimum atomic E-state index is -0.446. The zero-order chi connectivity index (χ0) is 14.7. The van der Waals surface area contributed by atoms with Crippen LogP contribution in [0.5, 0.6) is 0 Å². The van der Waals surface area contributed by atoms with Gasteiger partial charge in [0.2, 0.25) is 5.78 Å². The van der Waals surface area contributed by atoms with E-state index in [0.29, 0.717) is 5.56 Å². The van der Waals surface area contributed by atoms with E-state index in [-0.39, 0.29) is 17.2 Å². The lowest BCUT2D eigenvalue weighted by atomic mass is 10.0. The van der Waals surface area contributed by atoms with E-state index in [9.17, 15) is 14.9 Å². The van der Waals surface area contributed by atoms with Crippen molar-refractivity contribution in [2.75, 3.05) is 0 Å². The Hall–Kier alpha value is -2.82. The van der Waals surface area contributed by atoms with Gasteiger partial charge in [-0.05, 0) is 30.2 Å². The first-order valence-corrected chi connectivity index (χ1v) is 5.94. The lowest BCUT2D eigenvalue weighted by Gasteiger charge is -2.03. The second kappa shape index (κ2) is 5.44. The van der Waals surface area contributed by atoms with Gasteiger partial charge in [0.25, 0.3) is 5.69 Å². The molecule has 5 heteroatoms. The van der Waals surface area contributed by atoms with Crippen LogP contribution in [-0.4, -0.2) is 16.4 Å². The maximum atomic E-state index is 11.6. The van der Waals surface area contributed by atoms with E-state index < -0.39 is 4.92 Å². The minimum absolute atomic E-state index is 0.00640. The van der Waals surface area contributed by atoms with Crippen LogP contribution in [0.4, 0.5) is 5.69 Å². The molecule has 1 N–H and O–H groups in total. The van der Waals surface area contributed by atoms with Crippen molar-refractivity contribution in [2.24, 2.45) is 0 Å².